The van der Waals surface area contributed by atoms with Crippen molar-refractivity contribution in [3.8, 4) is 0 Å². The first-order valence-electron chi connectivity index (χ1n) is 5.82. The predicted octanol–water partition coefficient (Wildman–Crippen LogP) is 2.89. The lowest BCUT2D eigenvalue weighted by Gasteiger charge is -2.05. The lowest BCUT2D eigenvalue weighted by Crippen LogP contribution is -2.06. The van der Waals surface area contributed by atoms with Crippen LogP contribution in [0.3, 0.4) is 0 Å². The number of aromatic nitrogens is 2. The van der Waals surface area contributed by atoms with Gasteiger partial charge in [0.15, 0.2) is 0 Å². The van der Waals surface area contributed by atoms with Crippen LogP contribution in [-0.4, -0.2) is 22.5 Å². The van der Waals surface area contributed by atoms with Crippen molar-refractivity contribution >= 4 is 27.6 Å². The number of esters is 1. The number of hydrogen-bond acceptors (Lipinski definition) is 3. The molecule has 0 unspecified atom stereocenters. The van der Waals surface area contributed by atoms with Crippen LogP contribution >= 0.6 is 0 Å². The largest absolute Gasteiger partial charge is 0.461 e. The number of H-pyrrole nitrogens is 1. The van der Waals surface area contributed by atoms with E-state index in [1.165, 1.54) is 0 Å². The normalized spacial score (nSPS) is 10.9. The van der Waals surface area contributed by atoms with Gasteiger partial charge in [-0.1, -0.05) is 6.07 Å². The molecule has 1 N–H and O–H groups in total. The minimum atomic E-state index is -0.333. The van der Waals surface area contributed by atoms with Crippen LogP contribution in [0.2, 0.25) is 0 Å². The quantitative estimate of drug-likeness (QED) is 0.701. The molecule has 2 heterocycles. The Balaban J connectivity index is 2.18. The Morgan fingerprint density at radius 1 is 1.22 bits per heavy atom. The summed E-state index contributed by atoms with van der Waals surface area (Å²) in [6.45, 7) is 2.16. The standard InChI is InChI=1S/C14H12N2O2/c1-2-18-14(17)13-6-4-10-11-8-15-7-9(11)3-5-12(10)16-13/h3-8,16H,2H2,1H3. The van der Waals surface area contributed by atoms with Crippen molar-refractivity contribution in [1.82, 2.24) is 9.97 Å². The Bertz CT molecular complexity index is 731. The van der Waals surface area contributed by atoms with E-state index in [2.05, 4.69) is 9.97 Å². The molecule has 0 spiro atoms. The summed E-state index contributed by atoms with van der Waals surface area (Å²) in [5.41, 5.74) is 1.37. The van der Waals surface area contributed by atoms with Crippen molar-refractivity contribution < 1.29 is 9.53 Å². The minimum Gasteiger partial charge on any atom is -0.461 e. The van der Waals surface area contributed by atoms with Gasteiger partial charge in [-0.05, 0) is 25.1 Å². The fourth-order valence-electron chi connectivity index (χ4n) is 2.07. The van der Waals surface area contributed by atoms with Gasteiger partial charge in [-0.15, -0.1) is 0 Å². The molecule has 0 fully saturated rings. The molecule has 0 saturated heterocycles. The van der Waals surface area contributed by atoms with E-state index >= 15 is 0 Å². The summed E-state index contributed by atoms with van der Waals surface area (Å²) in [6.07, 6.45) is 3.66. The third kappa shape index (κ3) is 1.62. The van der Waals surface area contributed by atoms with Gasteiger partial charge in [-0.3, -0.25) is 4.98 Å². The maximum atomic E-state index is 11.6. The van der Waals surface area contributed by atoms with Gasteiger partial charge in [0.2, 0.25) is 0 Å². The number of nitrogens with one attached hydrogen (secondary N) is 1. The highest BCUT2D eigenvalue weighted by Crippen LogP contribution is 2.24. The highest BCUT2D eigenvalue weighted by molar-refractivity contribution is 6.06. The second kappa shape index (κ2) is 4.14. The summed E-state index contributed by atoms with van der Waals surface area (Å²) in [7, 11) is 0. The van der Waals surface area contributed by atoms with Gasteiger partial charge >= 0.3 is 5.97 Å². The van der Waals surface area contributed by atoms with E-state index in [-0.39, 0.29) is 5.97 Å². The molecule has 2 aromatic heterocycles. The maximum Gasteiger partial charge on any atom is 0.354 e. The molecular weight excluding hydrogens is 228 g/mol. The number of pyridine rings is 1. The number of carbonyl (C=O) groups excluding carboxylic acids is 1. The van der Waals surface area contributed by atoms with Crippen LogP contribution in [0.1, 0.15) is 17.4 Å². The van der Waals surface area contributed by atoms with Crippen molar-refractivity contribution in [1.29, 1.82) is 0 Å². The predicted molar refractivity (Wildman–Crippen MR) is 69.6 cm³/mol. The number of hydrogen-bond donors (Lipinski definition) is 1. The highest BCUT2D eigenvalue weighted by Gasteiger charge is 2.08. The number of nitrogens with zero attached hydrogens (tertiary/aromatic N) is 1. The van der Waals surface area contributed by atoms with Gasteiger partial charge < -0.3 is 9.72 Å². The SMILES string of the molecule is CCOC(=O)c1ccc2c(ccc3cncc32)[nH]1. The van der Waals surface area contributed by atoms with Crippen LogP contribution in [0.5, 0.6) is 0 Å². The molecule has 0 aliphatic carbocycles. The Morgan fingerprint density at radius 3 is 2.94 bits per heavy atom. The monoisotopic (exact) mass is 240 g/mol. The zero-order valence-electron chi connectivity index (χ0n) is 9.93. The molecule has 0 atom stereocenters. The van der Waals surface area contributed by atoms with E-state index in [0.29, 0.717) is 12.3 Å². The van der Waals surface area contributed by atoms with Crippen LogP contribution in [0.15, 0.2) is 36.7 Å². The second-order valence-corrected chi connectivity index (χ2v) is 4.03. The fourth-order valence-corrected chi connectivity index (χ4v) is 2.07. The summed E-state index contributed by atoms with van der Waals surface area (Å²) in [6, 6.07) is 7.59. The molecule has 0 aliphatic rings. The van der Waals surface area contributed by atoms with Crippen LogP contribution in [0.4, 0.5) is 0 Å². The van der Waals surface area contributed by atoms with E-state index in [1.54, 1.807) is 13.0 Å². The molecule has 0 saturated carbocycles. The molecule has 4 heteroatoms. The number of rotatable bonds is 2. The molecule has 0 bridgehead atoms. The smallest absolute Gasteiger partial charge is 0.354 e. The molecule has 1 aromatic carbocycles. The first-order chi connectivity index (χ1) is 8.79. The van der Waals surface area contributed by atoms with Crippen molar-refractivity contribution in [2.24, 2.45) is 0 Å². The van der Waals surface area contributed by atoms with E-state index in [0.717, 1.165) is 21.7 Å². The van der Waals surface area contributed by atoms with Gasteiger partial charge in [-0.2, -0.15) is 0 Å². The molecule has 3 rings (SSSR count). The summed E-state index contributed by atoms with van der Waals surface area (Å²) in [5.74, 6) is -0.333. The Labute approximate surface area is 104 Å². The van der Waals surface area contributed by atoms with E-state index in [4.69, 9.17) is 4.74 Å². The molecule has 3 aromatic rings. The van der Waals surface area contributed by atoms with Crippen molar-refractivity contribution in [3.05, 3.63) is 42.4 Å². The van der Waals surface area contributed by atoms with Crippen molar-refractivity contribution in [2.75, 3.05) is 6.61 Å². The molecule has 0 radical (unpaired) electrons. The van der Waals surface area contributed by atoms with Gasteiger partial charge in [0.1, 0.15) is 5.69 Å². The molecule has 0 amide bonds. The van der Waals surface area contributed by atoms with Crippen molar-refractivity contribution in [2.45, 2.75) is 6.92 Å². The molecule has 4 nitrogen and oxygen atoms in total. The summed E-state index contributed by atoms with van der Waals surface area (Å²) in [5, 5.41) is 3.23. The van der Waals surface area contributed by atoms with Gasteiger partial charge in [-0.25, -0.2) is 4.79 Å². The number of aromatic amines is 1. The topological polar surface area (TPSA) is 55.0 Å². The Morgan fingerprint density at radius 2 is 2.11 bits per heavy atom. The minimum absolute atomic E-state index is 0.333. The van der Waals surface area contributed by atoms with E-state index in [1.807, 2.05) is 30.6 Å². The summed E-state index contributed by atoms with van der Waals surface area (Å²) < 4.78 is 4.97. The van der Waals surface area contributed by atoms with E-state index in [9.17, 15) is 4.79 Å². The van der Waals surface area contributed by atoms with Crippen LogP contribution in [0, 0.1) is 0 Å². The second-order valence-electron chi connectivity index (χ2n) is 4.03. The van der Waals surface area contributed by atoms with Gasteiger partial charge in [0.25, 0.3) is 0 Å². The molecular formula is C14H12N2O2. The number of fused-ring (bicyclic) bond motifs is 3. The lowest BCUT2D eigenvalue weighted by atomic mass is 10.1. The van der Waals surface area contributed by atoms with Crippen molar-refractivity contribution in [3.63, 3.8) is 0 Å². The first kappa shape index (κ1) is 10.8. The van der Waals surface area contributed by atoms with Crippen LogP contribution in [0.25, 0.3) is 21.7 Å². The maximum absolute atomic E-state index is 11.6. The lowest BCUT2D eigenvalue weighted by molar-refractivity contribution is 0.0520. The summed E-state index contributed by atoms with van der Waals surface area (Å²) >= 11 is 0. The molecule has 18 heavy (non-hydrogen) atoms. The molecule has 0 aliphatic heterocycles. The third-order valence-corrected chi connectivity index (χ3v) is 2.92. The average Bonchev–Trinajstić information content (AvgIpc) is 2.87. The average molecular weight is 240 g/mol. The Kier molecular flexibility index (Phi) is 2.48. The van der Waals surface area contributed by atoms with Gasteiger partial charge in [0.05, 0.1) is 6.61 Å². The third-order valence-electron chi connectivity index (χ3n) is 2.92. The van der Waals surface area contributed by atoms with Crippen LogP contribution in [-0.2, 0) is 4.74 Å². The van der Waals surface area contributed by atoms with Gasteiger partial charge in [0, 0.05) is 34.1 Å². The summed E-state index contributed by atoms with van der Waals surface area (Å²) in [4.78, 5) is 18.9. The molecule has 90 valence electrons. The van der Waals surface area contributed by atoms with E-state index < -0.39 is 0 Å². The number of ether oxygens (including phenoxy) is 1. The zero-order chi connectivity index (χ0) is 12.5. The number of benzene rings is 1. The number of carbonyl (C=O) groups is 1. The fraction of sp³-hybridized carbons (Fsp3) is 0.143. The zero-order valence-corrected chi connectivity index (χ0v) is 9.93. The Hall–Kier alpha value is -2.36. The first-order valence-corrected chi connectivity index (χ1v) is 5.82. The van der Waals surface area contributed by atoms with Crippen LogP contribution < -0.4 is 0 Å². The highest BCUT2D eigenvalue weighted by atomic mass is 16.5.